The quantitative estimate of drug-likeness (QED) is 0.867. The molecule has 0 aromatic carbocycles. The molecular weight excluding hydrogens is 248 g/mol. The molecular formula is C12H14N4O3. The lowest BCUT2D eigenvalue weighted by Crippen LogP contribution is -2.38. The summed E-state index contributed by atoms with van der Waals surface area (Å²) in [6, 6.07) is 1.44. The predicted octanol–water partition coefficient (Wildman–Crippen LogP) is 0.508. The average molecular weight is 262 g/mol. The maximum atomic E-state index is 12.5. The van der Waals surface area contributed by atoms with Gasteiger partial charge in [-0.05, 0) is 25.1 Å². The van der Waals surface area contributed by atoms with E-state index in [2.05, 4.69) is 15.5 Å². The molecule has 1 aliphatic rings. The van der Waals surface area contributed by atoms with E-state index in [1.165, 1.54) is 6.39 Å². The van der Waals surface area contributed by atoms with Crippen molar-refractivity contribution in [3.05, 3.63) is 35.9 Å². The molecule has 2 aromatic heterocycles. The number of likely N-dealkylation sites (N-methyl/N-ethyl adjacent to an activating group) is 1. The van der Waals surface area contributed by atoms with Crippen LogP contribution in [-0.2, 0) is 17.8 Å². The van der Waals surface area contributed by atoms with Crippen LogP contribution in [0, 0.1) is 0 Å². The fraction of sp³-hybridized carbons (Fsp3) is 0.417. The van der Waals surface area contributed by atoms with Crippen molar-refractivity contribution in [1.29, 1.82) is 0 Å². The Kier molecular flexibility index (Phi) is 3.04. The lowest BCUT2D eigenvalue weighted by Gasteiger charge is -2.22. The monoisotopic (exact) mass is 262 g/mol. The first kappa shape index (κ1) is 11.9. The van der Waals surface area contributed by atoms with Crippen LogP contribution in [0.25, 0.3) is 0 Å². The molecule has 0 radical (unpaired) electrons. The summed E-state index contributed by atoms with van der Waals surface area (Å²) < 4.78 is 10.5. The van der Waals surface area contributed by atoms with Crippen molar-refractivity contribution in [2.75, 3.05) is 13.6 Å². The largest absolute Gasteiger partial charge is 0.467 e. The second-order valence-electron chi connectivity index (χ2n) is 4.37. The van der Waals surface area contributed by atoms with Crippen molar-refractivity contribution in [1.82, 2.24) is 20.4 Å². The Hall–Kier alpha value is -2.15. The van der Waals surface area contributed by atoms with E-state index in [-0.39, 0.29) is 5.91 Å². The SMILES string of the molecule is CNC1C(=O)N(Cc2nnco2)CCc2ccoc21. The molecule has 0 bridgehead atoms. The third-order valence-electron chi connectivity index (χ3n) is 3.27. The van der Waals surface area contributed by atoms with Gasteiger partial charge >= 0.3 is 0 Å². The van der Waals surface area contributed by atoms with Gasteiger partial charge in [0.2, 0.25) is 18.2 Å². The molecule has 3 rings (SSSR count). The number of amides is 1. The van der Waals surface area contributed by atoms with Crippen LogP contribution in [0.4, 0.5) is 0 Å². The molecule has 2 aromatic rings. The molecule has 7 nitrogen and oxygen atoms in total. The summed E-state index contributed by atoms with van der Waals surface area (Å²) in [5.41, 5.74) is 1.06. The molecule has 0 saturated heterocycles. The Bertz CT molecular complexity index is 563. The summed E-state index contributed by atoms with van der Waals surface area (Å²) in [6.45, 7) is 0.924. The van der Waals surface area contributed by atoms with E-state index in [1.54, 1.807) is 18.2 Å². The molecule has 19 heavy (non-hydrogen) atoms. The van der Waals surface area contributed by atoms with Gasteiger partial charge in [-0.15, -0.1) is 10.2 Å². The molecule has 0 aliphatic carbocycles. The normalized spacial score (nSPS) is 19.3. The van der Waals surface area contributed by atoms with Crippen LogP contribution in [0.1, 0.15) is 23.3 Å². The summed E-state index contributed by atoms with van der Waals surface area (Å²) in [6.07, 6.45) is 3.64. The lowest BCUT2D eigenvalue weighted by atomic mass is 10.1. The van der Waals surface area contributed by atoms with E-state index in [4.69, 9.17) is 8.83 Å². The first-order valence-corrected chi connectivity index (χ1v) is 6.07. The predicted molar refractivity (Wildman–Crippen MR) is 63.9 cm³/mol. The van der Waals surface area contributed by atoms with Gasteiger partial charge in [-0.25, -0.2) is 0 Å². The third kappa shape index (κ3) is 2.12. The number of nitrogens with zero attached hydrogens (tertiary/aromatic N) is 3. The minimum absolute atomic E-state index is 0.0469. The molecule has 3 heterocycles. The number of hydrogen-bond acceptors (Lipinski definition) is 6. The smallest absolute Gasteiger partial charge is 0.248 e. The average Bonchev–Trinajstić information content (AvgIpc) is 3.04. The van der Waals surface area contributed by atoms with Gasteiger partial charge in [0.15, 0.2) is 0 Å². The summed E-state index contributed by atoms with van der Waals surface area (Å²) in [5, 5.41) is 10.4. The minimum Gasteiger partial charge on any atom is -0.467 e. The van der Waals surface area contributed by atoms with Gasteiger partial charge in [-0.2, -0.15) is 0 Å². The standard InChI is InChI=1S/C12H14N4O3/c1-13-10-11-8(3-5-18-11)2-4-16(12(10)17)6-9-15-14-7-19-9/h3,5,7,10,13H,2,4,6H2,1H3. The Balaban J connectivity index is 1.85. The molecule has 1 amide bonds. The Morgan fingerprint density at radius 3 is 3.16 bits per heavy atom. The Morgan fingerprint density at radius 1 is 1.53 bits per heavy atom. The van der Waals surface area contributed by atoms with Gasteiger partial charge < -0.3 is 19.1 Å². The maximum Gasteiger partial charge on any atom is 0.248 e. The highest BCUT2D eigenvalue weighted by molar-refractivity contribution is 5.83. The highest BCUT2D eigenvalue weighted by Gasteiger charge is 2.32. The molecule has 0 saturated carbocycles. The van der Waals surface area contributed by atoms with E-state index >= 15 is 0 Å². The molecule has 1 aliphatic heterocycles. The van der Waals surface area contributed by atoms with E-state index in [0.29, 0.717) is 24.7 Å². The molecule has 100 valence electrons. The van der Waals surface area contributed by atoms with Gasteiger partial charge in [-0.1, -0.05) is 0 Å². The number of fused-ring (bicyclic) bond motifs is 1. The van der Waals surface area contributed by atoms with Gasteiger partial charge in [-0.3, -0.25) is 4.79 Å². The van der Waals surface area contributed by atoms with Crippen LogP contribution in [0.15, 0.2) is 27.6 Å². The Morgan fingerprint density at radius 2 is 2.42 bits per heavy atom. The third-order valence-corrected chi connectivity index (χ3v) is 3.27. The number of hydrogen-bond donors (Lipinski definition) is 1. The summed E-state index contributed by atoms with van der Waals surface area (Å²) in [5.74, 6) is 1.08. The van der Waals surface area contributed by atoms with E-state index in [9.17, 15) is 4.79 Å². The summed E-state index contributed by atoms with van der Waals surface area (Å²) in [4.78, 5) is 14.2. The van der Waals surface area contributed by atoms with Crippen LogP contribution < -0.4 is 5.32 Å². The van der Waals surface area contributed by atoms with Crippen LogP contribution in [0.3, 0.4) is 0 Å². The zero-order chi connectivity index (χ0) is 13.2. The second-order valence-corrected chi connectivity index (χ2v) is 4.37. The number of nitrogens with one attached hydrogen (secondary N) is 1. The number of rotatable bonds is 3. The lowest BCUT2D eigenvalue weighted by molar-refractivity contribution is -0.134. The number of furan rings is 1. The van der Waals surface area contributed by atoms with Gasteiger partial charge in [0.1, 0.15) is 11.8 Å². The maximum absolute atomic E-state index is 12.5. The van der Waals surface area contributed by atoms with Crippen molar-refractivity contribution in [3.8, 4) is 0 Å². The van der Waals surface area contributed by atoms with Crippen molar-refractivity contribution < 1.29 is 13.6 Å². The zero-order valence-electron chi connectivity index (χ0n) is 10.5. The molecule has 0 spiro atoms. The van der Waals surface area contributed by atoms with Gasteiger partial charge in [0, 0.05) is 6.54 Å². The van der Waals surface area contributed by atoms with E-state index in [1.807, 2.05) is 6.07 Å². The number of carbonyl (C=O) groups is 1. The number of aromatic nitrogens is 2. The summed E-state index contributed by atoms with van der Waals surface area (Å²) in [7, 11) is 1.74. The van der Waals surface area contributed by atoms with Crippen LogP contribution >= 0.6 is 0 Å². The minimum atomic E-state index is -0.463. The first-order valence-electron chi connectivity index (χ1n) is 6.07. The fourth-order valence-corrected chi connectivity index (χ4v) is 2.31. The zero-order valence-corrected chi connectivity index (χ0v) is 10.5. The van der Waals surface area contributed by atoms with Crippen LogP contribution in [-0.4, -0.2) is 34.6 Å². The van der Waals surface area contributed by atoms with Gasteiger partial charge in [0.25, 0.3) is 0 Å². The van der Waals surface area contributed by atoms with Crippen molar-refractivity contribution in [2.24, 2.45) is 0 Å². The van der Waals surface area contributed by atoms with E-state index in [0.717, 1.165) is 12.0 Å². The second kappa shape index (κ2) is 4.85. The highest BCUT2D eigenvalue weighted by atomic mass is 16.4. The molecule has 1 unspecified atom stereocenters. The Labute approximate surface area is 109 Å². The van der Waals surface area contributed by atoms with Crippen molar-refractivity contribution in [2.45, 2.75) is 19.0 Å². The molecule has 1 atom stereocenters. The molecule has 7 heteroatoms. The highest BCUT2D eigenvalue weighted by Crippen LogP contribution is 2.26. The molecule has 0 fully saturated rings. The van der Waals surface area contributed by atoms with E-state index < -0.39 is 6.04 Å². The molecule has 1 N–H and O–H groups in total. The van der Waals surface area contributed by atoms with Gasteiger partial charge in [0.05, 0.1) is 12.8 Å². The van der Waals surface area contributed by atoms with Crippen molar-refractivity contribution in [3.63, 3.8) is 0 Å². The first-order chi connectivity index (χ1) is 9.29. The van der Waals surface area contributed by atoms with Crippen LogP contribution in [0.2, 0.25) is 0 Å². The summed E-state index contributed by atoms with van der Waals surface area (Å²) >= 11 is 0. The fourth-order valence-electron chi connectivity index (χ4n) is 2.31. The topological polar surface area (TPSA) is 84.4 Å². The van der Waals surface area contributed by atoms with Crippen molar-refractivity contribution >= 4 is 5.91 Å². The van der Waals surface area contributed by atoms with Crippen LogP contribution in [0.5, 0.6) is 0 Å². The number of carbonyl (C=O) groups excluding carboxylic acids is 1.